The van der Waals surface area contributed by atoms with Gasteiger partial charge in [0, 0.05) is 23.7 Å². The Morgan fingerprint density at radius 1 is 0.556 bits per heavy atom. The van der Waals surface area contributed by atoms with Crippen molar-refractivity contribution in [2.75, 3.05) is 23.0 Å². The van der Waals surface area contributed by atoms with E-state index in [4.69, 9.17) is 13.9 Å². The van der Waals surface area contributed by atoms with E-state index in [1.807, 2.05) is 23.5 Å². The van der Waals surface area contributed by atoms with Crippen LogP contribution in [-0.4, -0.2) is 69.8 Å². The molecule has 2 aliphatic rings. The van der Waals surface area contributed by atoms with Crippen molar-refractivity contribution in [3.05, 3.63) is 71.8 Å². The molecule has 0 bridgehead atoms. The highest BCUT2D eigenvalue weighted by molar-refractivity contribution is 7.99. The van der Waals surface area contributed by atoms with Gasteiger partial charge in [0.15, 0.2) is 0 Å². The molecule has 2 aliphatic carbocycles. The fraction of sp³-hybridized carbons (Fsp3) is 0.778. The number of ether oxygens (including phenoxy) is 2. The first-order valence-corrected chi connectivity index (χ1v) is 33.2. The monoisotopic (exact) mass is 1050 g/mol. The Balaban J connectivity index is 1.40. The maximum absolute atomic E-state index is 13.3. The van der Waals surface area contributed by atoms with E-state index in [0.29, 0.717) is 6.04 Å². The molecule has 9 heteroatoms. The van der Waals surface area contributed by atoms with Crippen LogP contribution < -0.4 is 5.32 Å². The van der Waals surface area contributed by atoms with Gasteiger partial charge in [0.1, 0.15) is 22.7 Å². The summed E-state index contributed by atoms with van der Waals surface area (Å²) in [4.78, 5) is 26.7. The van der Waals surface area contributed by atoms with E-state index in [2.05, 4.69) is 101 Å². The molecule has 0 saturated heterocycles. The maximum atomic E-state index is 13.3. The van der Waals surface area contributed by atoms with Crippen molar-refractivity contribution < 1.29 is 23.5 Å². The lowest BCUT2D eigenvalue weighted by Gasteiger charge is -2.42. The van der Waals surface area contributed by atoms with Crippen molar-refractivity contribution in [2.24, 2.45) is 17.3 Å². The van der Waals surface area contributed by atoms with Gasteiger partial charge in [-0.2, -0.15) is 23.5 Å². The summed E-state index contributed by atoms with van der Waals surface area (Å²) in [5, 5.41) is 4.47. The van der Waals surface area contributed by atoms with Gasteiger partial charge in [-0.1, -0.05) is 211 Å². The molecule has 2 aromatic carbocycles. The Hall–Kier alpha value is -1.78. The van der Waals surface area contributed by atoms with Gasteiger partial charge in [0.2, 0.25) is 0 Å². The quantitative estimate of drug-likeness (QED) is 0.0309. The minimum absolute atomic E-state index is 0.0439. The average molecular weight is 1050 g/mol. The van der Waals surface area contributed by atoms with E-state index >= 15 is 0 Å². The van der Waals surface area contributed by atoms with E-state index in [1.54, 1.807) is 0 Å². The van der Waals surface area contributed by atoms with E-state index in [9.17, 15) is 9.59 Å². The molecule has 0 heterocycles. The molecule has 72 heavy (non-hydrogen) atoms. The van der Waals surface area contributed by atoms with Gasteiger partial charge in [-0.25, -0.2) is 0 Å². The van der Waals surface area contributed by atoms with Gasteiger partial charge in [-0.15, -0.1) is 0 Å². The van der Waals surface area contributed by atoms with Crippen LogP contribution in [0.4, 0.5) is 0 Å². The first-order valence-electron chi connectivity index (χ1n) is 30.1. The zero-order valence-electron chi connectivity index (χ0n) is 47.1. The Kier molecular flexibility index (Phi) is 33.0. The van der Waals surface area contributed by atoms with Crippen LogP contribution in [0, 0.1) is 17.3 Å². The zero-order chi connectivity index (χ0) is 51.5. The van der Waals surface area contributed by atoms with Gasteiger partial charge >= 0.3 is 11.9 Å². The molecule has 2 saturated carbocycles. The van der Waals surface area contributed by atoms with Crippen LogP contribution in [0.2, 0.25) is 0 Å². The fourth-order valence-electron chi connectivity index (χ4n) is 11.5. The number of carbonyl (C=O) groups is 2. The SMILES string of the molecule is CCCCCCC(CSCCCCCC(CCCCCSCC(CCCCCC)OC(=O)C1CCCCCC1)NC(CCC(O[SiH3])C(C)(C)C)(c1ccccc1)c1ccccc1)OC(=O)C1CCCCCC1. The highest BCUT2D eigenvalue weighted by Crippen LogP contribution is 2.39. The molecular formula is C63H107NO5S2Si. The van der Waals surface area contributed by atoms with Crippen LogP contribution in [0.25, 0.3) is 0 Å². The molecular weight excluding hydrogens is 943 g/mol. The summed E-state index contributed by atoms with van der Waals surface area (Å²) in [6, 6.07) is 22.9. The van der Waals surface area contributed by atoms with Gasteiger partial charge < -0.3 is 19.2 Å². The van der Waals surface area contributed by atoms with Crippen molar-refractivity contribution in [3.63, 3.8) is 0 Å². The summed E-state index contributed by atoms with van der Waals surface area (Å²) in [5.41, 5.74) is 2.39. The zero-order valence-corrected chi connectivity index (χ0v) is 50.7. The van der Waals surface area contributed by atoms with Crippen LogP contribution in [0.1, 0.15) is 251 Å². The van der Waals surface area contributed by atoms with E-state index in [0.717, 1.165) is 111 Å². The summed E-state index contributed by atoms with van der Waals surface area (Å²) < 4.78 is 19.0. The molecule has 0 amide bonds. The topological polar surface area (TPSA) is 73.9 Å². The van der Waals surface area contributed by atoms with Crippen molar-refractivity contribution in [2.45, 2.75) is 270 Å². The minimum atomic E-state index is -0.344. The lowest BCUT2D eigenvalue weighted by atomic mass is 9.75. The highest BCUT2D eigenvalue weighted by atomic mass is 32.2. The number of nitrogens with one attached hydrogen (secondary N) is 1. The number of hydrogen-bond donors (Lipinski definition) is 1. The number of thioether (sulfide) groups is 2. The van der Waals surface area contributed by atoms with Crippen LogP contribution in [0.15, 0.2) is 60.7 Å². The third-order valence-electron chi connectivity index (χ3n) is 16.0. The smallest absolute Gasteiger partial charge is 0.309 e. The molecule has 1 N–H and O–H groups in total. The van der Waals surface area contributed by atoms with Gasteiger partial charge in [0.05, 0.1) is 17.4 Å². The number of carbonyl (C=O) groups excluding carboxylic acids is 2. The van der Waals surface area contributed by atoms with E-state index in [-0.39, 0.29) is 53.0 Å². The Bertz CT molecular complexity index is 1540. The Morgan fingerprint density at radius 2 is 0.958 bits per heavy atom. The molecule has 410 valence electrons. The number of hydrogen-bond acceptors (Lipinski definition) is 8. The molecule has 0 aromatic heterocycles. The second kappa shape index (κ2) is 37.9. The number of rotatable bonds is 38. The Labute approximate surface area is 454 Å². The molecule has 2 aromatic rings. The molecule has 0 aliphatic heterocycles. The van der Waals surface area contributed by atoms with E-state index in [1.165, 1.54) is 140 Å². The fourth-order valence-corrected chi connectivity index (χ4v) is 14.6. The van der Waals surface area contributed by atoms with Gasteiger partial charge in [-0.3, -0.25) is 9.59 Å². The number of esters is 2. The number of unbranched alkanes of at least 4 members (excludes halogenated alkanes) is 10. The molecule has 3 unspecified atom stereocenters. The van der Waals surface area contributed by atoms with Crippen molar-refractivity contribution in [1.29, 1.82) is 0 Å². The molecule has 4 rings (SSSR count). The largest absolute Gasteiger partial charge is 0.461 e. The standard InChI is InChI=1S/C63H107NO5S2Si/c1-6-8-10-30-44-57(67-60(65)52-34-20-12-13-21-35-52)50-70-48-32-18-28-42-56(43-29-19-33-49-71-51-58(45-31-11-9-7-2)68-61(66)53-36-22-14-15-23-37-53)64-63(54-38-24-16-25-39-54,55-40-26-17-27-41-55)47-46-59(69-72)62(3,4)5/h16-17,24-27,38-41,52-53,56-59,64H,6-15,18-23,28-37,42-51H2,1-5,72H3. The van der Waals surface area contributed by atoms with Crippen molar-refractivity contribution in [3.8, 4) is 0 Å². The molecule has 0 radical (unpaired) electrons. The van der Waals surface area contributed by atoms with E-state index < -0.39 is 0 Å². The second-order valence-electron chi connectivity index (χ2n) is 23.1. The second-order valence-corrected chi connectivity index (χ2v) is 25.9. The first kappa shape index (κ1) is 62.8. The average Bonchev–Trinajstić information content (AvgIpc) is 3.85. The molecule has 0 spiro atoms. The summed E-state index contributed by atoms with van der Waals surface area (Å²) in [5.74, 6) is 4.47. The third-order valence-corrected chi connectivity index (χ3v) is 18.9. The predicted molar refractivity (Wildman–Crippen MR) is 315 cm³/mol. The lowest BCUT2D eigenvalue weighted by molar-refractivity contribution is -0.154. The third kappa shape index (κ3) is 24.9. The number of benzene rings is 2. The van der Waals surface area contributed by atoms with Crippen LogP contribution >= 0.6 is 23.5 Å². The molecule has 3 atom stereocenters. The van der Waals surface area contributed by atoms with Crippen molar-refractivity contribution in [1.82, 2.24) is 5.32 Å². The van der Waals surface area contributed by atoms with Gasteiger partial charge in [0.25, 0.3) is 0 Å². The molecule has 6 nitrogen and oxygen atoms in total. The maximum Gasteiger partial charge on any atom is 0.309 e. The molecule has 2 fully saturated rings. The lowest BCUT2D eigenvalue weighted by Crippen LogP contribution is -2.50. The summed E-state index contributed by atoms with van der Waals surface area (Å²) in [7, 11) is 0.726. The Morgan fingerprint density at radius 3 is 1.35 bits per heavy atom. The van der Waals surface area contributed by atoms with Crippen molar-refractivity contribution >= 4 is 45.9 Å². The normalized spacial score (nSPS) is 17.2. The van der Waals surface area contributed by atoms with Gasteiger partial charge in [-0.05, 0) is 118 Å². The van der Waals surface area contributed by atoms with Crippen LogP contribution in [-0.2, 0) is 29.0 Å². The summed E-state index contributed by atoms with van der Waals surface area (Å²) in [6.07, 6.45) is 37.1. The summed E-state index contributed by atoms with van der Waals surface area (Å²) in [6.45, 7) is 11.5. The predicted octanol–water partition coefficient (Wildman–Crippen LogP) is 16.7. The first-order chi connectivity index (χ1) is 35.1. The minimum Gasteiger partial charge on any atom is -0.461 e. The summed E-state index contributed by atoms with van der Waals surface area (Å²) >= 11 is 4.01. The highest BCUT2D eigenvalue weighted by Gasteiger charge is 2.38. The van der Waals surface area contributed by atoms with Crippen LogP contribution in [0.5, 0.6) is 0 Å². The van der Waals surface area contributed by atoms with Crippen LogP contribution in [0.3, 0.4) is 0 Å².